The first-order chi connectivity index (χ1) is 8.68. The molecule has 1 aromatic heterocycles. The van der Waals surface area contributed by atoms with Crippen LogP contribution in [0.15, 0.2) is 24.7 Å². The lowest BCUT2D eigenvalue weighted by atomic mass is 9.82. The molecule has 0 saturated carbocycles. The summed E-state index contributed by atoms with van der Waals surface area (Å²) in [7, 11) is 0. The van der Waals surface area contributed by atoms with Gasteiger partial charge in [-0.25, -0.2) is 4.98 Å². The minimum atomic E-state index is -0.916. The average molecular weight is 249 g/mol. The van der Waals surface area contributed by atoms with Crippen LogP contribution in [-0.4, -0.2) is 27.0 Å². The molecule has 0 aliphatic heterocycles. The Morgan fingerprint density at radius 2 is 2.11 bits per heavy atom. The molecular formula is C12H15N3O3. The molecule has 0 radical (unpaired) electrons. The molecule has 1 aliphatic carbocycles. The van der Waals surface area contributed by atoms with Gasteiger partial charge >= 0.3 is 5.97 Å². The van der Waals surface area contributed by atoms with Crippen LogP contribution in [-0.2, 0) is 16.1 Å². The Labute approximate surface area is 104 Å². The molecule has 2 atom stereocenters. The van der Waals surface area contributed by atoms with Gasteiger partial charge < -0.3 is 15.4 Å². The molecule has 0 fully saturated rings. The van der Waals surface area contributed by atoms with Crippen LogP contribution in [0, 0.1) is 11.8 Å². The number of amides is 1. The van der Waals surface area contributed by atoms with E-state index in [4.69, 9.17) is 5.11 Å². The fraction of sp³-hybridized carbons (Fsp3) is 0.417. The monoisotopic (exact) mass is 249 g/mol. The maximum Gasteiger partial charge on any atom is 0.307 e. The first-order valence-corrected chi connectivity index (χ1v) is 5.81. The number of rotatable bonds is 4. The number of aliphatic carboxylic acids is 1. The van der Waals surface area contributed by atoms with E-state index < -0.39 is 17.8 Å². The van der Waals surface area contributed by atoms with Crippen molar-refractivity contribution in [3.63, 3.8) is 0 Å². The smallest absolute Gasteiger partial charge is 0.307 e. The summed E-state index contributed by atoms with van der Waals surface area (Å²) in [6.45, 7) is 0.339. The van der Waals surface area contributed by atoms with Gasteiger partial charge in [-0.1, -0.05) is 12.2 Å². The molecule has 0 spiro atoms. The number of aromatic amines is 1. The summed E-state index contributed by atoms with van der Waals surface area (Å²) in [5.41, 5.74) is 0.793. The van der Waals surface area contributed by atoms with Gasteiger partial charge in [0.1, 0.15) is 0 Å². The normalized spacial score (nSPS) is 22.7. The maximum absolute atomic E-state index is 12.0. The topological polar surface area (TPSA) is 95.1 Å². The zero-order valence-corrected chi connectivity index (χ0v) is 9.80. The van der Waals surface area contributed by atoms with Crippen molar-refractivity contribution in [1.29, 1.82) is 0 Å². The highest BCUT2D eigenvalue weighted by Crippen LogP contribution is 2.26. The molecule has 2 rings (SSSR count). The minimum Gasteiger partial charge on any atom is -0.481 e. The number of imidazole rings is 1. The van der Waals surface area contributed by atoms with Gasteiger partial charge in [0.05, 0.1) is 30.4 Å². The zero-order chi connectivity index (χ0) is 13.0. The van der Waals surface area contributed by atoms with Gasteiger partial charge in [-0.2, -0.15) is 0 Å². The highest BCUT2D eigenvalue weighted by Gasteiger charge is 2.33. The predicted molar refractivity (Wildman–Crippen MR) is 63.4 cm³/mol. The van der Waals surface area contributed by atoms with Crippen LogP contribution < -0.4 is 5.32 Å². The number of carboxylic acid groups (broad SMARTS) is 1. The zero-order valence-electron chi connectivity index (χ0n) is 9.80. The van der Waals surface area contributed by atoms with Crippen molar-refractivity contribution in [2.45, 2.75) is 19.4 Å². The van der Waals surface area contributed by atoms with E-state index in [0.29, 0.717) is 19.4 Å². The summed E-state index contributed by atoms with van der Waals surface area (Å²) in [4.78, 5) is 29.8. The Hall–Kier alpha value is -2.11. The molecule has 1 amide bonds. The molecule has 0 saturated heterocycles. The van der Waals surface area contributed by atoms with Crippen molar-refractivity contribution in [3.05, 3.63) is 30.4 Å². The third-order valence-corrected chi connectivity index (χ3v) is 3.09. The van der Waals surface area contributed by atoms with Crippen LogP contribution in [0.1, 0.15) is 18.5 Å². The number of hydrogen-bond donors (Lipinski definition) is 3. The third-order valence-electron chi connectivity index (χ3n) is 3.09. The molecular weight excluding hydrogens is 234 g/mol. The van der Waals surface area contributed by atoms with E-state index in [9.17, 15) is 9.59 Å². The van der Waals surface area contributed by atoms with Crippen molar-refractivity contribution >= 4 is 11.9 Å². The number of allylic oxidation sites excluding steroid dienone is 2. The van der Waals surface area contributed by atoms with Gasteiger partial charge in [0.2, 0.25) is 5.91 Å². The lowest BCUT2D eigenvalue weighted by Gasteiger charge is -2.24. The molecule has 0 aromatic carbocycles. The van der Waals surface area contributed by atoms with Crippen LogP contribution in [0.4, 0.5) is 0 Å². The maximum atomic E-state index is 12.0. The molecule has 3 N–H and O–H groups in total. The van der Waals surface area contributed by atoms with Crippen molar-refractivity contribution in [3.8, 4) is 0 Å². The number of nitrogens with one attached hydrogen (secondary N) is 2. The second kappa shape index (κ2) is 5.48. The number of H-pyrrole nitrogens is 1. The Bertz CT molecular complexity index is 453. The summed E-state index contributed by atoms with van der Waals surface area (Å²) in [6.07, 6.45) is 7.72. The van der Waals surface area contributed by atoms with E-state index in [0.717, 1.165) is 5.69 Å². The molecule has 18 heavy (non-hydrogen) atoms. The van der Waals surface area contributed by atoms with Crippen molar-refractivity contribution in [1.82, 2.24) is 15.3 Å². The number of nitrogens with zero attached hydrogens (tertiary/aromatic N) is 1. The third kappa shape index (κ3) is 2.77. The van der Waals surface area contributed by atoms with E-state index in [1.807, 2.05) is 12.2 Å². The van der Waals surface area contributed by atoms with Gasteiger partial charge in [-0.05, 0) is 12.8 Å². The Morgan fingerprint density at radius 3 is 2.72 bits per heavy atom. The molecule has 6 heteroatoms. The summed E-state index contributed by atoms with van der Waals surface area (Å²) < 4.78 is 0. The lowest BCUT2D eigenvalue weighted by molar-refractivity contribution is -0.147. The van der Waals surface area contributed by atoms with E-state index in [1.165, 1.54) is 6.33 Å². The van der Waals surface area contributed by atoms with Gasteiger partial charge in [0, 0.05) is 6.20 Å². The number of carbonyl (C=O) groups excluding carboxylic acids is 1. The molecule has 0 bridgehead atoms. The van der Waals surface area contributed by atoms with Crippen LogP contribution in [0.25, 0.3) is 0 Å². The van der Waals surface area contributed by atoms with Crippen LogP contribution >= 0.6 is 0 Å². The Kier molecular flexibility index (Phi) is 3.76. The number of aromatic nitrogens is 2. The molecule has 6 nitrogen and oxygen atoms in total. The minimum absolute atomic E-state index is 0.221. The average Bonchev–Trinajstić information content (AvgIpc) is 2.89. The van der Waals surface area contributed by atoms with Crippen molar-refractivity contribution in [2.75, 3.05) is 0 Å². The number of carbonyl (C=O) groups is 2. The van der Waals surface area contributed by atoms with Crippen molar-refractivity contribution < 1.29 is 14.7 Å². The van der Waals surface area contributed by atoms with Crippen LogP contribution in [0.2, 0.25) is 0 Å². The Balaban J connectivity index is 1.94. The molecule has 96 valence electrons. The molecule has 1 aliphatic rings. The molecule has 1 aromatic rings. The predicted octanol–water partition coefficient (Wildman–Crippen LogP) is 0.693. The number of carboxylic acids is 1. The largest absolute Gasteiger partial charge is 0.481 e. The summed E-state index contributed by atoms with van der Waals surface area (Å²) in [5.74, 6) is -2.26. The highest BCUT2D eigenvalue weighted by atomic mass is 16.4. The summed E-state index contributed by atoms with van der Waals surface area (Å²) >= 11 is 0. The fourth-order valence-corrected chi connectivity index (χ4v) is 2.07. The molecule has 0 unspecified atom stereocenters. The van der Waals surface area contributed by atoms with E-state index >= 15 is 0 Å². The van der Waals surface area contributed by atoms with E-state index in [2.05, 4.69) is 15.3 Å². The standard InChI is InChI=1S/C12H15N3O3/c16-11(14-6-8-5-13-7-15-8)9-3-1-2-4-10(9)12(17)18/h1-2,5,7,9-10H,3-4,6H2,(H,13,15)(H,14,16)(H,17,18)/t9-,10+/m1/s1. The first kappa shape index (κ1) is 12.3. The fourth-order valence-electron chi connectivity index (χ4n) is 2.07. The quantitative estimate of drug-likeness (QED) is 0.684. The Morgan fingerprint density at radius 1 is 1.39 bits per heavy atom. The highest BCUT2D eigenvalue weighted by molar-refractivity contribution is 5.85. The van der Waals surface area contributed by atoms with Crippen LogP contribution in [0.5, 0.6) is 0 Å². The lowest BCUT2D eigenvalue weighted by Crippen LogP contribution is -2.38. The SMILES string of the molecule is O=C(O)[C@H]1CC=CC[C@H]1C(=O)NCc1cnc[nH]1. The number of hydrogen-bond acceptors (Lipinski definition) is 3. The first-order valence-electron chi connectivity index (χ1n) is 5.81. The molecule has 1 heterocycles. The summed E-state index contributed by atoms with van der Waals surface area (Å²) in [6, 6.07) is 0. The van der Waals surface area contributed by atoms with Gasteiger partial charge in [-0.3, -0.25) is 9.59 Å². The van der Waals surface area contributed by atoms with E-state index in [-0.39, 0.29) is 5.91 Å². The van der Waals surface area contributed by atoms with Crippen molar-refractivity contribution in [2.24, 2.45) is 11.8 Å². The van der Waals surface area contributed by atoms with Gasteiger partial charge in [0.15, 0.2) is 0 Å². The van der Waals surface area contributed by atoms with Crippen LogP contribution in [0.3, 0.4) is 0 Å². The van der Waals surface area contributed by atoms with Gasteiger partial charge in [0.25, 0.3) is 0 Å². The van der Waals surface area contributed by atoms with Gasteiger partial charge in [-0.15, -0.1) is 0 Å². The second-order valence-corrected chi connectivity index (χ2v) is 4.29. The second-order valence-electron chi connectivity index (χ2n) is 4.29. The summed E-state index contributed by atoms with van der Waals surface area (Å²) in [5, 5.41) is 11.8. The van der Waals surface area contributed by atoms with E-state index in [1.54, 1.807) is 6.20 Å².